The third-order valence-electron chi connectivity index (χ3n) is 5.94. The van der Waals surface area contributed by atoms with E-state index < -0.39 is 0 Å². The van der Waals surface area contributed by atoms with Gasteiger partial charge in [-0.1, -0.05) is 54.1 Å². The lowest BCUT2D eigenvalue weighted by Crippen LogP contribution is -2.23. The molecule has 8 heteroatoms. The van der Waals surface area contributed by atoms with Crippen molar-refractivity contribution < 1.29 is 4.73 Å². The average Bonchev–Trinajstić information content (AvgIpc) is 3.34. The van der Waals surface area contributed by atoms with Crippen molar-refractivity contribution in [1.29, 1.82) is 0 Å². The molecule has 0 saturated carbocycles. The van der Waals surface area contributed by atoms with Crippen molar-refractivity contribution in [2.75, 3.05) is 0 Å². The molecule has 0 amide bonds. The fourth-order valence-electron chi connectivity index (χ4n) is 4.19. The van der Waals surface area contributed by atoms with Crippen molar-refractivity contribution in [1.82, 2.24) is 19.3 Å². The maximum absolute atomic E-state index is 13.8. The maximum atomic E-state index is 13.8. The second-order valence-corrected chi connectivity index (χ2v) is 8.65. The first-order valence-electron chi connectivity index (χ1n) is 11.2. The monoisotopic (exact) mass is 491 g/mol. The van der Waals surface area contributed by atoms with Gasteiger partial charge in [-0.25, -0.2) is 9.67 Å². The van der Waals surface area contributed by atoms with Gasteiger partial charge in [0.05, 0.1) is 17.6 Å². The molecule has 0 aliphatic heterocycles. The normalized spacial score (nSPS) is 11.1. The van der Waals surface area contributed by atoms with Gasteiger partial charge in [-0.3, -0.25) is 9.36 Å². The third-order valence-corrected chi connectivity index (χ3v) is 6.19. The van der Waals surface area contributed by atoms with Crippen LogP contribution in [-0.2, 0) is 0 Å². The summed E-state index contributed by atoms with van der Waals surface area (Å²) in [5.74, 6) is 0.464. The Balaban J connectivity index is 1.58. The van der Waals surface area contributed by atoms with Crippen LogP contribution in [0.15, 0.2) is 114 Å². The molecule has 36 heavy (non-hydrogen) atoms. The van der Waals surface area contributed by atoms with Gasteiger partial charge < -0.3 is 5.21 Å². The van der Waals surface area contributed by atoms with Gasteiger partial charge in [-0.05, 0) is 48.0 Å². The zero-order chi connectivity index (χ0) is 24.6. The van der Waals surface area contributed by atoms with Gasteiger partial charge >= 0.3 is 0 Å². The molecule has 3 aromatic carbocycles. The first-order valence-corrected chi connectivity index (χ1v) is 11.6. The van der Waals surface area contributed by atoms with E-state index in [0.717, 1.165) is 27.1 Å². The summed E-state index contributed by atoms with van der Waals surface area (Å²) in [5.41, 5.74) is 4.07. The van der Waals surface area contributed by atoms with Crippen molar-refractivity contribution in [3.8, 4) is 33.9 Å². The smallest absolute Gasteiger partial charge is 0.269 e. The predicted octanol–water partition coefficient (Wildman–Crippen LogP) is 5.19. The molecule has 0 aliphatic carbocycles. The zero-order valence-electron chi connectivity index (χ0n) is 18.8. The lowest BCUT2D eigenvalue weighted by Gasteiger charge is -2.14. The summed E-state index contributed by atoms with van der Waals surface area (Å²) in [6.07, 6.45) is 4.50. The van der Waals surface area contributed by atoms with Crippen LogP contribution in [0.25, 0.3) is 44.9 Å². The molecule has 6 aromatic rings. The summed E-state index contributed by atoms with van der Waals surface area (Å²) in [5, 5.41) is 17.1. The minimum Gasteiger partial charge on any atom is -0.619 e. The number of hydrogen-bond acceptors (Lipinski definition) is 4. The lowest BCUT2D eigenvalue weighted by atomic mass is 10.1. The highest BCUT2D eigenvalue weighted by Gasteiger charge is 2.19. The topological polar surface area (TPSA) is 79.7 Å². The van der Waals surface area contributed by atoms with Crippen molar-refractivity contribution >= 4 is 22.6 Å². The highest BCUT2D eigenvalue weighted by molar-refractivity contribution is 6.30. The number of nitrogens with zero attached hydrogens (tertiary/aromatic N) is 5. The summed E-state index contributed by atoms with van der Waals surface area (Å²) < 4.78 is 4.00. The first-order chi connectivity index (χ1) is 17.6. The summed E-state index contributed by atoms with van der Waals surface area (Å²) in [4.78, 5) is 18.7. The van der Waals surface area contributed by atoms with Crippen LogP contribution in [0.3, 0.4) is 0 Å². The minimum absolute atomic E-state index is 0.237. The lowest BCUT2D eigenvalue weighted by molar-refractivity contribution is -0.604. The van der Waals surface area contributed by atoms with E-state index in [4.69, 9.17) is 16.6 Å². The SMILES string of the molecule is O=c1c2cnn(-c3ccccc3)c2nc(-c2ccc(-c3ccc[n+]([O-])c3)cc2)n1-c1ccc(Cl)cc1. The zero-order valence-corrected chi connectivity index (χ0v) is 19.6. The highest BCUT2D eigenvalue weighted by Crippen LogP contribution is 2.27. The van der Waals surface area contributed by atoms with Crippen molar-refractivity contribution in [2.45, 2.75) is 0 Å². The Kier molecular flexibility index (Phi) is 5.32. The van der Waals surface area contributed by atoms with Gasteiger partial charge in [0.15, 0.2) is 18.0 Å². The first kappa shape index (κ1) is 21.8. The summed E-state index contributed by atoms with van der Waals surface area (Å²) in [6.45, 7) is 0. The fraction of sp³-hybridized carbons (Fsp3) is 0. The van der Waals surface area contributed by atoms with E-state index in [2.05, 4.69) is 5.10 Å². The molecule has 3 heterocycles. The van der Waals surface area contributed by atoms with Crippen molar-refractivity contribution in [2.24, 2.45) is 0 Å². The van der Waals surface area contributed by atoms with E-state index in [-0.39, 0.29) is 5.56 Å². The quantitative estimate of drug-likeness (QED) is 0.251. The molecule has 0 radical (unpaired) electrons. The molecule has 0 saturated heterocycles. The molecule has 0 unspecified atom stereocenters. The van der Waals surface area contributed by atoms with Crippen LogP contribution < -0.4 is 10.3 Å². The molecule has 6 rings (SSSR count). The number of rotatable bonds is 4. The Morgan fingerprint density at radius 3 is 2.22 bits per heavy atom. The second kappa shape index (κ2) is 8.79. The summed E-state index contributed by atoms with van der Waals surface area (Å²) >= 11 is 6.11. The van der Waals surface area contributed by atoms with Gasteiger partial charge in [0.1, 0.15) is 11.2 Å². The standard InChI is InChI=1S/C28H18ClN5O2/c29-22-12-14-23(15-13-22)33-26(20-10-8-19(9-11-20)21-5-4-16-32(36)18-21)31-27-25(28(33)35)17-30-34(27)24-6-2-1-3-7-24/h1-18H. The van der Waals surface area contributed by atoms with Gasteiger partial charge in [-0.2, -0.15) is 9.83 Å². The molecule has 0 bridgehead atoms. The molecular weight excluding hydrogens is 474 g/mol. The van der Waals surface area contributed by atoms with Crippen LogP contribution in [0.5, 0.6) is 0 Å². The van der Waals surface area contributed by atoms with Crippen LogP contribution in [0.4, 0.5) is 0 Å². The van der Waals surface area contributed by atoms with Crippen LogP contribution in [-0.4, -0.2) is 19.3 Å². The molecule has 174 valence electrons. The number of aromatic nitrogens is 5. The molecule has 7 nitrogen and oxygen atoms in total. The van der Waals surface area contributed by atoms with E-state index in [1.807, 2.05) is 60.7 Å². The number of hydrogen-bond donors (Lipinski definition) is 0. The van der Waals surface area contributed by atoms with E-state index >= 15 is 0 Å². The number of fused-ring (bicyclic) bond motifs is 1. The van der Waals surface area contributed by atoms with Crippen LogP contribution in [0.2, 0.25) is 5.02 Å². The Hall–Kier alpha value is -4.75. The maximum Gasteiger partial charge on any atom is 0.269 e. The highest BCUT2D eigenvalue weighted by atomic mass is 35.5. The third kappa shape index (κ3) is 3.81. The molecule has 0 spiro atoms. The van der Waals surface area contributed by atoms with Gasteiger partial charge in [0.2, 0.25) is 0 Å². The van der Waals surface area contributed by atoms with Gasteiger partial charge in [0, 0.05) is 22.2 Å². The second-order valence-electron chi connectivity index (χ2n) is 8.21. The van der Waals surface area contributed by atoms with Gasteiger partial charge in [-0.15, -0.1) is 0 Å². The number of para-hydroxylation sites is 1. The number of halogens is 1. The Labute approximate surface area is 210 Å². The Bertz CT molecular complexity index is 1760. The molecular formula is C28H18ClN5O2. The van der Waals surface area contributed by atoms with E-state index in [0.29, 0.717) is 27.6 Å². The summed E-state index contributed by atoms with van der Waals surface area (Å²) in [7, 11) is 0. The predicted molar refractivity (Wildman–Crippen MR) is 139 cm³/mol. The largest absolute Gasteiger partial charge is 0.619 e. The number of pyridine rings is 1. The molecule has 0 aliphatic rings. The van der Waals surface area contributed by atoms with Gasteiger partial charge in [0.25, 0.3) is 5.56 Å². The average molecular weight is 492 g/mol. The van der Waals surface area contributed by atoms with Crippen molar-refractivity contribution in [3.05, 3.63) is 130 Å². The fourth-order valence-corrected chi connectivity index (χ4v) is 4.31. The summed E-state index contributed by atoms with van der Waals surface area (Å²) in [6, 6.07) is 27.8. The molecule has 0 N–H and O–H groups in total. The molecule has 0 fully saturated rings. The van der Waals surface area contributed by atoms with E-state index in [1.165, 1.54) is 12.4 Å². The van der Waals surface area contributed by atoms with E-state index in [1.54, 1.807) is 45.8 Å². The minimum atomic E-state index is -0.237. The van der Waals surface area contributed by atoms with E-state index in [9.17, 15) is 10.0 Å². The van der Waals surface area contributed by atoms with Crippen molar-refractivity contribution in [3.63, 3.8) is 0 Å². The Morgan fingerprint density at radius 2 is 1.50 bits per heavy atom. The molecule has 0 atom stereocenters. The number of benzene rings is 3. The molecule has 3 aromatic heterocycles. The van der Waals surface area contributed by atoms with Crippen LogP contribution in [0, 0.1) is 5.21 Å². The van der Waals surface area contributed by atoms with Crippen LogP contribution >= 0.6 is 11.6 Å². The Morgan fingerprint density at radius 1 is 0.778 bits per heavy atom. The van der Waals surface area contributed by atoms with Crippen LogP contribution in [0.1, 0.15) is 0 Å².